The third-order valence-electron chi connectivity index (χ3n) is 3.40. The Hall–Kier alpha value is -1.75. The van der Waals surface area contributed by atoms with Crippen molar-refractivity contribution in [1.29, 1.82) is 0 Å². The summed E-state index contributed by atoms with van der Waals surface area (Å²) in [6, 6.07) is 7.97. The molecule has 5 nitrogen and oxygen atoms in total. The van der Waals surface area contributed by atoms with Crippen LogP contribution in [0.2, 0.25) is 0 Å². The van der Waals surface area contributed by atoms with Gasteiger partial charge in [-0.2, -0.15) is 0 Å². The molecular weight excluding hydrogens is 256 g/mol. The van der Waals surface area contributed by atoms with Crippen molar-refractivity contribution in [3.8, 4) is 5.75 Å². The lowest BCUT2D eigenvalue weighted by atomic mass is 10.0. The van der Waals surface area contributed by atoms with Crippen molar-refractivity contribution in [3.63, 3.8) is 0 Å². The fraction of sp³-hybridized carbons (Fsp3) is 0.533. The average molecular weight is 278 g/mol. The zero-order chi connectivity index (χ0) is 14.4. The second kappa shape index (κ2) is 7.14. The summed E-state index contributed by atoms with van der Waals surface area (Å²) in [4.78, 5) is 13.3. The van der Waals surface area contributed by atoms with Crippen LogP contribution in [0.3, 0.4) is 0 Å². The van der Waals surface area contributed by atoms with E-state index in [1.54, 1.807) is 12.0 Å². The van der Waals surface area contributed by atoms with Gasteiger partial charge in [-0.15, -0.1) is 0 Å². The molecule has 1 saturated heterocycles. The van der Waals surface area contributed by atoms with Gasteiger partial charge in [-0.3, -0.25) is 0 Å². The van der Waals surface area contributed by atoms with Gasteiger partial charge in [0, 0.05) is 12.1 Å². The summed E-state index contributed by atoms with van der Waals surface area (Å²) in [5.74, 6) is 0.841. The van der Waals surface area contributed by atoms with Gasteiger partial charge in [-0.1, -0.05) is 25.1 Å². The number of carbonyl (C=O) groups is 1. The molecule has 1 aliphatic rings. The number of carbonyl (C=O) groups excluding carboxylic acids is 1. The molecule has 1 aromatic carbocycles. The number of amides is 1. The zero-order valence-corrected chi connectivity index (χ0v) is 12.1. The Morgan fingerprint density at radius 1 is 1.45 bits per heavy atom. The molecule has 0 radical (unpaired) electrons. The van der Waals surface area contributed by atoms with Crippen LogP contribution >= 0.6 is 0 Å². The van der Waals surface area contributed by atoms with E-state index < -0.39 is 0 Å². The number of hydrogen-bond donors (Lipinski definition) is 1. The topological polar surface area (TPSA) is 50.8 Å². The first-order valence-corrected chi connectivity index (χ1v) is 7.04. The highest BCUT2D eigenvalue weighted by Gasteiger charge is 2.26. The molecule has 1 unspecified atom stereocenters. The molecule has 0 bridgehead atoms. The molecule has 1 aromatic rings. The molecule has 0 aliphatic carbocycles. The van der Waals surface area contributed by atoms with Crippen molar-refractivity contribution in [2.45, 2.75) is 19.4 Å². The number of para-hydroxylation sites is 1. The quantitative estimate of drug-likeness (QED) is 0.830. The maximum atomic E-state index is 11.6. The van der Waals surface area contributed by atoms with Gasteiger partial charge < -0.3 is 19.7 Å². The maximum absolute atomic E-state index is 11.6. The van der Waals surface area contributed by atoms with Gasteiger partial charge in [-0.25, -0.2) is 4.79 Å². The first-order chi connectivity index (χ1) is 9.76. The van der Waals surface area contributed by atoms with Crippen molar-refractivity contribution < 1.29 is 14.3 Å². The highest BCUT2D eigenvalue weighted by Crippen LogP contribution is 2.26. The van der Waals surface area contributed by atoms with Crippen molar-refractivity contribution in [2.75, 3.05) is 33.4 Å². The number of rotatable bonds is 7. The Morgan fingerprint density at radius 3 is 2.90 bits per heavy atom. The van der Waals surface area contributed by atoms with Crippen molar-refractivity contribution in [1.82, 2.24) is 10.2 Å². The van der Waals surface area contributed by atoms with Crippen LogP contribution in [-0.4, -0.2) is 44.3 Å². The first kappa shape index (κ1) is 14.7. The highest BCUT2D eigenvalue weighted by atomic mass is 16.6. The van der Waals surface area contributed by atoms with E-state index in [4.69, 9.17) is 9.47 Å². The summed E-state index contributed by atoms with van der Waals surface area (Å²) in [5.41, 5.74) is 1.07. The van der Waals surface area contributed by atoms with E-state index in [1.807, 2.05) is 24.3 Å². The Bertz CT molecular complexity index is 450. The van der Waals surface area contributed by atoms with Crippen LogP contribution < -0.4 is 10.1 Å². The van der Waals surface area contributed by atoms with Gasteiger partial charge >= 0.3 is 6.09 Å². The second-order valence-corrected chi connectivity index (χ2v) is 4.81. The number of benzene rings is 1. The van der Waals surface area contributed by atoms with Crippen molar-refractivity contribution in [2.24, 2.45) is 0 Å². The number of methoxy groups -OCH3 is 1. The summed E-state index contributed by atoms with van der Waals surface area (Å²) in [5, 5.41) is 3.48. The average Bonchev–Trinajstić information content (AvgIpc) is 2.88. The van der Waals surface area contributed by atoms with Crippen LogP contribution in [0, 0.1) is 0 Å². The van der Waals surface area contributed by atoms with Crippen LogP contribution in [0.1, 0.15) is 24.9 Å². The van der Waals surface area contributed by atoms with Crippen LogP contribution in [-0.2, 0) is 4.74 Å². The Balaban J connectivity index is 2.15. The third kappa shape index (κ3) is 3.42. The van der Waals surface area contributed by atoms with Crippen LogP contribution in [0.5, 0.6) is 5.75 Å². The van der Waals surface area contributed by atoms with Gasteiger partial charge in [0.15, 0.2) is 0 Å². The number of ether oxygens (including phenoxy) is 2. The Kier molecular flexibility index (Phi) is 5.24. The predicted molar refractivity (Wildman–Crippen MR) is 76.9 cm³/mol. The summed E-state index contributed by atoms with van der Waals surface area (Å²) in [6.07, 6.45) is 0.805. The van der Waals surface area contributed by atoms with Crippen LogP contribution in [0.15, 0.2) is 24.3 Å². The van der Waals surface area contributed by atoms with Gasteiger partial charge in [0.2, 0.25) is 0 Å². The van der Waals surface area contributed by atoms with Crippen molar-refractivity contribution in [3.05, 3.63) is 29.8 Å². The number of nitrogens with zero attached hydrogens (tertiary/aromatic N) is 1. The normalized spacial score (nSPS) is 16.1. The minimum Gasteiger partial charge on any atom is -0.496 e. The third-order valence-corrected chi connectivity index (χ3v) is 3.40. The molecule has 0 spiro atoms. The van der Waals surface area contributed by atoms with Gasteiger partial charge in [0.25, 0.3) is 0 Å². The molecule has 1 N–H and O–H groups in total. The van der Waals surface area contributed by atoms with Crippen molar-refractivity contribution >= 4 is 6.09 Å². The van der Waals surface area contributed by atoms with E-state index in [2.05, 4.69) is 12.2 Å². The highest BCUT2D eigenvalue weighted by molar-refractivity contribution is 5.69. The predicted octanol–water partition coefficient (Wildman–Crippen LogP) is 2.19. The van der Waals surface area contributed by atoms with E-state index in [-0.39, 0.29) is 12.1 Å². The number of hydrogen-bond acceptors (Lipinski definition) is 4. The smallest absolute Gasteiger partial charge is 0.410 e. The molecule has 0 saturated carbocycles. The van der Waals surface area contributed by atoms with E-state index >= 15 is 0 Å². The zero-order valence-electron chi connectivity index (χ0n) is 12.1. The van der Waals surface area contributed by atoms with Gasteiger partial charge in [0.1, 0.15) is 12.4 Å². The summed E-state index contributed by atoms with van der Waals surface area (Å²) >= 11 is 0. The second-order valence-electron chi connectivity index (χ2n) is 4.81. The molecule has 110 valence electrons. The fourth-order valence-corrected chi connectivity index (χ4v) is 2.36. The molecule has 20 heavy (non-hydrogen) atoms. The molecule has 5 heteroatoms. The molecule has 1 atom stereocenters. The van der Waals surface area contributed by atoms with Gasteiger partial charge in [0.05, 0.1) is 19.7 Å². The van der Waals surface area contributed by atoms with E-state index in [0.29, 0.717) is 19.7 Å². The van der Waals surface area contributed by atoms with E-state index in [9.17, 15) is 4.79 Å². The van der Waals surface area contributed by atoms with E-state index in [1.165, 1.54) is 0 Å². The van der Waals surface area contributed by atoms with E-state index in [0.717, 1.165) is 24.3 Å². The number of nitrogens with one attached hydrogen (secondary N) is 1. The Labute approximate surface area is 119 Å². The molecule has 1 heterocycles. The molecule has 2 rings (SSSR count). The van der Waals surface area contributed by atoms with Crippen LogP contribution in [0.25, 0.3) is 0 Å². The summed E-state index contributed by atoms with van der Waals surface area (Å²) in [6.45, 7) is 4.74. The lowest BCUT2D eigenvalue weighted by Gasteiger charge is -2.25. The molecule has 1 fully saturated rings. The van der Waals surface area contributed by atoms with Gasteiger partial charge in [-0.05, 0) is 19.0 Å². The largest absolute Gasteiger partial charge is 0.496 e. The summed E-state index contributed by atoms with van der Waals surface area (Å²) < 4.78 is 10.4. The minimum absolute atomic E-state index is 0.0525. The first-order valence-electron chi connectivity index (χ1n) is 7.04. The lowest BCUT2D eigenvalue weighted by Crippen LogP contribution is -2.36. The number of cyclic esters (lactones) is 1. The maximum Gasteiger partial charge on any atom is 0.410 e. The van der Waals surface area contributed by atoms with Crippen LogP contribution in [0.4, 0.5) is 4.79 Å². The Morgan fingerprint density at radius 2 is 2.25 bits per heavy atom. The SMILES string of the molecule is CCCNC(CN1CCOC1=O)c1ccccc1OC. The lowest BCUT2D eigenvalue weighted by molar-refractivity contribution is 0.155. The molecule has 0 aromatic heterocycles. The summed E-state index contributed by atoms with van der Waals surface area (Å²) in [7, 11) is 1.67. The monoisotopic (exact) mass is 278 g/mol. The molecule has 1 amide bonds. The molecule has 1 aliphatic heterocycles. The molecular formula is C15H22N2O3. The fourth-order valence-electron chi connectivity index (χ4n) is 2.36. The minimum atomic E-state index is -0.233. The standard InChI is InChI=1S/C15H22N2O3/c1-3-8-16-13(11-17-9-10-20-15(17)18)12-6-4-5-7-14(12)19-2/h4-7,13,16H,3,8-11H2,1-2H3.